The van der Waals surface area contributed by atoms with E-state index in [0.717, 1.165) is 5.56 Å². The van der Waals surface area contributed by atoms with Crippen LogP contribution in [0.25, 0.3) is 0 Å². The summed E-state index contributed by atoms with van der Waals surface area (Å²) in [7, 11) is 0. The van der Waals surface area contributed by atoms with Gasteiger partial charge in [-0.3, -0.25) is 4.79 Å². The van der Waals surface area contributed by atoms with Gasteiger partial charge in [-0.05, 0) is 55.7 Å². The number of hydrogen-bond acceptors (Lipinski definition) is 3. The summed E-state index contributed by atoms with van der Waals surface area (Å²) in [5, 5.41) is 3.03. The number of hydrogen-bond donors (Lipinski definition) is 1. The van der Waals surface area contributed by atoms with Gasteiger partial charge in [-0.15, -0.1) is 0 Å². The molecule has 4 heteroatoms. The highest BCUT2D eigenvalue weighted by Crippen LogP contribution is 2.30. The van der Waals surface area contributed by atoms with Gasteiger partial charge in [-0.1, -0.05) is 18.2 Å². The van der Waals surface area contributed by atoms with Crippen LogP contribution in [0.1, 0.15) is 40.0 Å². The van der Waals surface area contributed by atoms with E-state index in [-0.39, 0.29) is 11.9 Å². The summed E-state index contributed by atoms with van der Waals surface area (Å²) in [5.74, 6) is 1.20. The van der Waals surface area contributed by atoms with Crippen LogP contribution >= 0.6 is 0 Å². The zero-order chi connectivity index (χ0) is 16.4. The first-order valence-electron chi connectivity index (χ1n) is 7.82. The van der Waals surface area contributed by atoms with E-state index in [4.69, 9.17) is 9.47 Å². The zero-order valence-electron chi connectivity index (χ0n) is 13.7. The number of carbonyl (C=O) groups excluding carboxylic acids is 1. The molecule has 1 atom stereocenters. The smallest absolute Gasteiger partial charge is 0.251 e. The van der Waals surface area contributed by atoms with Gasteiger partial charge in [0.15, 0.2) is 11.5 Å². The van der Waals surface area contributed by atoms with Gasteiger partial charge in [0.1, 0.15) is 13.2 Å². The van der Waals surface area contributed by atoms with E-state index in [1.165, 1.54) is 11.1 Å². The molecular formula is C19H21NO3. The maximum Gasteiger partial charge on any atom is 0.251 e. The Morgan fingerprint density at radius 2 is 1.74 bits per heavy atom. The van der Waals surface area contributed by atoms with Crippen LogP contribution in [0.3, 0.4) is 0 Å². The van der Waals surface area contributed by atoms with Gasteiger partial charge >= 0.3 is 0 Å². The van der Waals surface area contributed by atoms with Crippen molar-refractivity contribution in [2.75, 3.05) is 13.2 Å². The van der Waals surface area contributed by atoms with Crippen molar-refractivity contribution in [2.24, 2.45) is 0 Å². The van der Waals surface area contributed by atoms with E-state index < -0.39 is 0 Å². The average molecular weight is 311 g/mol. The second-order valence-corrected chi connectivity index (χ2v) is 5.90. The van der Waals surface area contributed by atoms with Crippen LogP contribution in [0, 0.1) is 13.8 Å². The molecule has 1 amide bonds. The summed E-state index contributed by atoms with van der Waals surface area (Å²) in [6.07, 6.45) is 0. The predicted molar refractivity (Wildman–Crippen MR) is 89.2 cm³/mol. The van der Waals surface area contributed by atoms with Crippen molar-refractivity contribution in [3.63, 3.8) is 0 Å². The van der Waals surface area contributed by atoms with Crippen molar-refractivity contribution in [2.45, 2.75) is 26.8 Å². The molecule has 0 aromatic heterocycles. The maximum atomic E-state index is 12.5. The lowest BCUT2D eigenvalue weighted by molar-refractivity contribution is 0.0938. The molecule has 2 aromatic rings. The Kier molecular flexibility index (Phi) is 4.24. The van der Waals surface area contributed by atoms with E-state index in [1.807, 2.05) is 6.92 Å². The molecule has 23 heavy (non-hydrogen) atoms. The zero-order valence-corrected chi connectivity index (χ0v) is 13.7. The first kappa shape index (κ1) is 15.4. The fraction of sp³-hybridized carbons (Fsp3) is 0.316. The first-order valence-corrected chi connectivity index (χ1v) is 7.82. The largest absolute Gasteiger partial charge is 0.486 e. The molecule has 1 aliphatic rings. The van der Waals surface area contributed by atoms with Crippen molar-refractivity contribution in [1.29, 1.82) is 0 Å². The molecule has 0 spiro atoms. The van der Waals surface area contributed by atoms with Crippen LogP contribution in [0.4, 0.5) is 0 Å². The number of amides is 1. The van der Waals surface area contributed by atoms with Crippen LogP contribution in [-0.2, 0) is 0 Å². The van der Waals surface area contributed by atoms with E-state index in [1.54, 1.807) is 18.2 Å². The first-order chi connectivity index (χ1) is 11.0. The summed E-state index contributed by atoms with van der Waals surface area (Å²) in [5.41, 5.74) is 4.14. The van der Waals surface area contributed by atoms with Gasteiger partial charge in [0.2, 0.25) is 0 Å². The molecule has 0 fully saturated rings. The average Bonchev–Trinajstić information content (AvgIpc) is 2.56. The summed E-state index contributed by atoms with van der Waals surface area (Å²) in [6.45, 7) is 7.20. The monoisotopic (exact) mass is 311 g/mol. The molecule has 0 unspecified atom stereocenters. The lowest BCUT2D eigenvalue weighted by atomic mass is 10.0. The third kappa shape index (κ3) is 3.31. The Bertz CT molecular complexity index is 739. The molecule has 0 radical (unpaired) electrons. The minimum atomic E-state index is -0.118. The standard InChI is InChI=1S/C19H21NO3/c1-12-4-5-15(10-13(12)2)14(3)20-19(21)16-6-7-17-18(11-16)23-9-8-22-17/h4-7,10-11,14H,8-9H2,1-3H3,(H,20,21)/t14-/m1/s1. The van der Waals surface area contributed by atoms with Gasteiger partial charge in [-0.25, -0.2) is 0 Å². The molecule has 0 saturated heterocycles. The van der Waals surface area contributed by atoms with E-state index in [0.29, 0.717) is 30.3 Å². The quantitative estimate of drug-likeness (QED) is 0.942. The highest BCUT2D eigenvalue weighted by atomic mass is 16.6. The third-order valence-corrected chi connectivity index (χ3v) is 4.18. The van der Waals surface area contributed by atoms with Gasteiger partial charge in [0.05, 0.1) is 6.04 Å². The lowest BCUT2D eigenvalue weighted by Gasteiger charge is -2.19. The Balaban J connectivity index is 1.74. The fourth-order valence-corrected chi connectivity index (χ4v) is 2.58. The summed E-state index contributed by atoms with van der Waals surface area (Å²) < 4.78 is 11.0. The van der Waals surface area contributed by atoms with Gasteiger partial charge < -0.3 is 14.8 Å². The number of rotatable bonds is 3. The van der Waals surface area contributed by atoms with Crippen LogP contribution in [-0.4, -0.2) is 19.1 Å². The molecule has 1 aliphatic heterocycles. The SMILES string of the molecule is Cc1ccc([C@@H](C)NC(=O)c2ccc3c(c2)OCCO3)cc1C. The molecule has 4 nitrogen and oxygen atoms in total. The number of benzene rings is 2. The number of fused-ring (bicyclic) bond motifs is 1. The van der Waals surface area contributed by atoms with Crippen LogP contribution in [0.5, 0.6) is 11.5 Å². The summed E-state index contributed by atoms with van der Waals surface area (Å²) in [6, 6.07) is 11.5. The highest BCUT2D eigenvalue weighted by Gasteiger charge is 2.16. The second-order valence-electron chi connectivity index (χ2n) is 5.90. The topological polar surface area (TPSA) is 47.6 Å². The minimum Gasteiger partial charge on any atom is -0.486 e. The number of nitrogens with one attached hydrogen (secondary N) is 1. The third-order valence-electron chi connectivity index (χ3n) is 4.18. The summed E-state index contributed by atoms with van der Waals surface area (Å²) in [4.78, 5) is 12.5. The van der Waals surface area contributed by atoms with E-state index in [2.05, 4.69) is 37.4 Å². The fourth-order valence-electron chi connectivity index (χ4n) is 2.58. The molecule has 0 aliphatic carbocycles. The Morgan fingerprint density at radius 3 is 2.48 bits per heavy atom. The number of ether oxygens (including phenoxy) is 2. The van der Waals surface area contributed by atoms with Gasteiger partial charge in [0.25, 0.3) is 5.91 Å². The molecule has 2 aromatic carbocycles. The van der Waals surface area contributed by atoms with Crippen molar-refractivity contribution < 1.29 is 14.3 Å². The lowest BCUT2D eigenvalue weighted by Crippen LogP contribution is -2.27. The predicted octanol–water partition coefficient (Wildman–Crippen LogP) is 3.57. The Hall–Kier alpha value is -2.49. The molecule has 120 valence electrons. The normalized spacial score (nSPS) is 14.2. The molecular weight excluding hydrogens is 290 g/mol. The second kappa shape index (κ2) is 6.32. The van der Waals surface area contributed by atoms with Crippen LogP contribution < -0.4 is 14.8 Å². The minimum absolute atomic E-state index is 0.0602. The maximum absolute atomic E-state index is 12.5. The van der Waals surface area contributed by atoms with Gasteiger partial charge in [-0.2, -0.15) is 0 Å². The van der Waals surface area contributed by atoms with Crippen LogP contribution in [0.15, 0.2) is 36.4 Å². The Labute approximate surface area is 136 Å². The number of aryl methyl sites for hydroxylation is 2. The van der Waals surface area contributed by atoms with E-state index in [9.17, 15) is 4.79 Å². The van der Waals surface area contributed by atoms with Crippen molar-refractivity contribution >= 4 is 5.91 Å². The van der Waals surface area contributed by atoms with E-state index >= 15 is 0 Å². The Morgan fingerprint density at radius 1 is 1.00 bits per heavy atom. The van der Waals surface area contributed by atoms with Crippen molar-refractivity contribution in [1.82, 2.24) is 5.32 Å². The van der Waals surface area contributed by atoms with Gasteiger partial charge in [0, 0.05) is 5.56 Å². The van der Waals surface area contributed by atoms with Crippen LogP contribution in [0.2, 0.25) is 0 Å². The molecule has 3 rings (SSSR count). The summed E-state index contributed by atoms with van der Waals surface area (Å²) >= 11 is 0. The number of carbonyl (C=O) groups is 1. The highest BCUT2D eigenvalue weighted by molar-refractivity contribution is 5.95. The molecule has 1 N–H and O–H groups in total. The molecule has 1 heterocycles. The molecule has 0 saturated carbocycles. The van der Waals surface area contributed by atoms with Crippen molar-refractivity contribution in [3.05, 3.63) is 58.7 Å². The van der Waals surface area contributed by atoms with Crippen molar-refractivity contribution in [3.8, 4) is 11.5 Å². The molecule has 0 bridgehead atoms.